The number of aromatic amines is 1. The molecule has 0 bridgehead atoms. The van der Waals surface area contributed by atoms with E-state index in [1.807, 2.05) is 32.0 Å². The second kappa shape index (κ2) is 8.47. The summed E-state index contributed by atoms with van der Waals surface area (Å²) >= 11 is 5.21. The highest BCUT2D eigenvalue weighted by Gasteiger charge is 2.06. The van der Waals surface area contributed by atoms with Gasteiger partial charge in [0.1, 0.15) is 0 Å². The molecule has 124 valence electrons. The van der Waals surface area contributed by atoms with Crippen LogP contribution in [0.4, 0.5) is 0 Å². The number of aromatic nitrogens is 3. The molecular weight excluding hydrogens is 312 g/mol. The summed E-state index contributed by atoms with van der Waals surface area (Å²) in [7, 11) is 0. The molecule has 0 atom stereocenters. The molecule has 23 heavy (non-hydrogen) atoms. The van der Waals surface area contributed by atoms with Gasteiger partial charge < -0.3 is 9.47 Å². The minimum Gasteiger partial charge on any atom is -0.490 e. The van der Waals surface area contributed by atoms with Gasteiger partial charge in [-0.25, -0.2) is 0 Å². The lowest BCUT2D eigenvalue weighted by molar-refractivity contribution is 0.288. The number of rotatable bonds is 8. The van der Waals surface area contributed by atoms with Crippen LogP contribution in [0.1, 0.15) is 38.6 Å². The van der Waals surface area contributed by atoms with Crippen LogP contribution in [-0.2, 0) is 6.42 Å². The standard InChI is InChI=1S/C16H22N4O2S/c1-4-7-15-18-19-16(23)20(15)17-11-12-8-9-13(21-5-2)14(10-12)22-6-3/h8-11H,4-7H2,1-3H3,(H,19,23)/b17-11+. The van der Waals surface area contributed by atoms with Crippen LogP contribution in [0.25, 0.3) is 0 Å². The van der Waals surface area contributed by atoms with E-state index in [1.54, 1.807) is 10.9 Å². The molecule has 0 radical (unpaired) electrons. The summed E-state index contributed by atoms with van der Waals surface area (Å²) in [5, 5.41) is 11.4. The smallest absolute Gasteiger partial charge is 0.216 e. The maximum atomic E-state index is 5.62. The van der Waals surface area contributed by atoms with Crippen LogP contribution in [-0.4, -0.2) is 34.3 Å². The van der Waals surface area contributed by atoms with Crippen molar-refractivity contribution in [3.05, 3.63) is 34.4 Å². The minimum absolute atomic E-state index is 0.487. The lowest BCUT2D eigenvalue weighted by atomic mass is 10.2. The lowest BCUT2D eigenvalue weighted by Crippen LogP contribution is -2.00. The quantitative estimate of drug-likeness (QED) is 0.592. The summed E-state index contributed by atoms with van der Waals surface area (Å²) in [5.41, 5.74) is 0.905. The first-order chi connectivity index (χ1) is 11.2. The Bertz CT molecular complexity index is 721. The average molecular weight is 334 g/mol. The number of benzene rings is 1. The zero-order valence-electron chi connectivity index (χ0n) is 13.7. The Morgan fingerprint density at radius 1 is 1.22 bits per heavy atom. The molecule has 0 fully saturated rings. The van der Waals surface area contributed by atoms with Crippen LogP contribution in [0.5, 0.6) is 11.5 Å². The molecule has 0 saturated carbocycles. The van der Waals surface area contributed by atoms with Crippen LogP contribution in [0.3, 0.4) is 0 Å². The van der Waals surface area contributed by atoms with E-state index in [0.717, 1.165) is 30.0 Å². The Morgan fingerprint density at radius 2 is 1.96 bits per heavy atom. The van der Waals surface area contributed by atoms with E-state index in [1.165, 1.54) is 0 Å². The van der Waals surface area contributed by atoms with E-state index in [9.17, 15) is 0 Å². The Labute approximate surface area is 141 Å². The molecule has 0 amide bonds. The maximum Gasteiger partial charge on any atom is 0.216 e. The molecular formula is C16H22N4O2S. The van der Waals surface area contributed by atoms with Gasteiger partial charge in [-0.15, -0.1) is 0 Å². The predicted octanol–water partition coefficient (Wildman–Crippen LogP) is 3.57. The van der Waals surface area contributed by atoms with Crippen molar-refractivity contribution in [2.45, 2.75) is 33.6 Å². The molecule has 0 aliphatic rings. The zero-order valence-corrected chi connectivity index (χ0v) is 14.5. The van der Waals surface area contributed by atoms with Gasteiger partial charge in [-0.05, 0) is 56.2 Å². The van der Waals surface area contributed by atoms with E-state index in [-0.39, 0.29) is 0 Å². The number of hydrogen-bond acceptors (Lipinski definition) is 5. The monoisotopic (exact) mass is 334 g/mol. The van der Waals surface area contributed by atoms with Crippen LogP contribution in [0.15, 0.2) is 23.3 Å². The zero-order chi connectivity index (χ0) is 16.7. The fourth-order valence-corrected chi connectivity index (χ4v) is 2.30. The molecule has 2 aromatic rings. The average Bonchev–Trinajstić information content (AvgIpc) is 2.89. The predicted molar refractivity (Wildman–Crippen MR) is 93.2 cm³/mol. The van der Waals surface area contributed by atoms with Crippen molar-refractivity contribution >= 4 is 18.4 Å². The third-order valence-corrected chi connectivity index (χ3v) is 3.35. The summed E-state index contributed by atoms with van der Waals surface area (Å²) < 4.78 is 13.3. The fraction of sp³-hybridized carbons (Fsp3) is 0.438. The van der Waals surface area contributed by atoms with Crippen molar-refractivity contribution in [2.75, 3.05) is 13.2 Å². The van der Waals surface area contributed by atoms with Gasteiger partial charge in [-0.2, -0.15) is 14.9 Å². The second-order valence-corrected chi connectivity index (χ2v) is 5.21. The van der Waals surface area contributed by atoms with Gasteiger partial charge in [0.2, 0.25) is 4.77 Å². The second-order valence-electron chi connectivity index (χ2n) is 4.82. The highest BCUT2D eigenvalue weighted by atomic mass is 32.1. The van der Waals surface area contributed by atoms with Gasteiger partial charge in [0.05, 0.1) is 19.4 Å². The summed E-state index contributed by atoms with van der Waals surface area (Å²) in [6.07, 6.45) is 3.54. The van der Waals surface area contributed by atoms with Crippen LogP contribution in [0, 0.1) is 4.77 Å². The molecule has 0 unspecified atom stereocenters. The molecule has 7 heteroatoms. The Morgan fingerprint density at radius 3 is 2.65 bits per heavy atom. The number of nitrogens with one attached hydrogen (secondary N) is 1. The van der Waals surface area contributed by atoms with Crippen molar-refractivity contribution in [1.29, 1.82) is 0 Å². The molecule has 0 saturated heterocycles. The first-order valence-electron chi connectivity index (χ1n) is 7.79. The largest absolute Gasteiger partial charge is 0.490 e. The molecule has 1 heterocycles. The summed E-state index contributed by atoms with van der Waals surface area (Å²) in [5.74, 6) is 2.27. The SMILES string of the molecule is CCCc1n[nH]c(=S)n1/N=C/c1ccc(OCC)c(OCC)c1. The van der Waals surface area contributed by atoms with Crippen LogP contribution >= 0.6 is 12.2 Å². The van der Waals surface area contributed by atoms with Crippen LogP contribution in [0.2, 0.25) is 0 Å². The normalized spacial score (nSPS) is 11.1. The number of hydrogen-bond donors (Lipinski definition) is 1. The lowest BCUT2D eigenvalue weighted by Gasteiger charge is -2.11. The van der Waals surface area contributed by atoms with E-state index < -0.39 is 0 Å². The van der Waals surface area contributed by atoms with Crippen molar-refractivity contribution in [3.63, 3.8) is 0 Å². The van der Waals surface area contributed by atoms with E-state index in [2.05, 4.69) is 22.2 Å². The Balaban J connectivity index is 2.27. The number of nitrogens with zero attached hydrogens (tertiary/aromatic N) is 3. The number of ether oxygens (including phenoxy) is 2. The number of H-pyrrole nitrogens is 1. The topological polar surface area (TPSA) is 64.4 Å². The van der Waals surface area contributed by atoms with Gasteiger partial charge in [-0.3, -0.25) is 5.10 Å². The van der Waals surface area contributed by atoms with Gasteiger partial charge in [-0.1, -0.05) is 6.92 Å². The van der Waals surface area contributed by atoms with Gasteiger partial charge in [0.25, 0.3) is 0 Å². The molecule has 2 rings (SSSR count). The highest BCUT2D eigenvalue weighted by Crippen LogP contribution is 2.28. The molecule has 6 nitrogen and oxygen atoms in total. The third kappa shape index (κ3) is 4.41. The van der Waals surface area contributed by atoms with Crippen LogP contribution < -0.4 is 9.47 Å². The van der Waals surface area contributed by atoms with Crippen molar-refractivity contribution in [1.82, 2.24) is 14.9 Å². The molecule has 1 aromatic carbocycles. The van der Waals surface area contributed by atoms with E-state index in [0.29, 0.717) is 23.7 Å². The number of aryl methyl sites for hydroxylation is 1. The van der Waals surface area contributed by atoms with Gasteiger partial charge in [0, 0.05) is 6.42 Å². The molecule has 1 aromatic heterocycles. The summed E-state index contributed by atoms with van der Waals surface area (Å²) in [6, 6.07) is 5.72. The molecule has 0 spiro atoms. The first-order valence-corrected chi connectivity index (χ1v) is 8.20. The maximum absolute atomic E-state index is 5.62. The molecule has 0 aliphatic heterocycles. The van der Waals surface area contributed by atoms with Crippen molar-refractivity contribution in [2.24, 2.45) is 5.10 Å². The summed E-state index contributed by atoms with van der Waals surface area (Å²) in [6.45, 7) is 7.15. The first kappa shape index (κ1) is 17.2. The van der Waals surface area contributed by atoms with E-state index in [4.69, 9.17) is 21.7 Å². The third-order valence-electron chi connectivity index (χ3n) is 3.08. The molecule has 1 N–H and O–H groups in total. The van der Waals surface area contributed by atoms with Gasteiger partial charge >= 0.3 is 0 Å². The Kier molecular flexibility index (Phi) is 6.34. The van der Waals surface area contributed by atoms with E-state index >= 15 is 0 Å². The minimum atomic E-state index is 0.487. The van der Waals surface area contributed by atoms with Crippen molar-refractivity contribution in [3.8, 4) is 11.5 Å². The Hall–Kier alpha value is -2.15. The van der Waals surface area contributed by atoms with Crippen molar-refractivity contribution < 1.29 is 9.47 Å². The summed E-state index contributed by atoms with van der Waals surface area (Å²) in [4.78, 5) is 0. The molecule has 0 aliphatic carbocycles. The van der Waals surface area contributed by atoms with Gasteiger partial charge in [0.15, 0.2) is 17.3 Å². The highest BCUT2D eigenvalue weighted by molar-refractivity contribution is 7.71. The fourth-order valence-electron chi connectivity index (χ4n) is 2.10.